The second-order valence-electron chi connectivity index (χ2n) is 4.33. The zero-order chi connectivity index (χ0) is 13.2. The van der Waals surface area contributed by atoms with Crippen molar-refractivity contribution in [3.8, 4) is 0 Å². The Bertz CT molecular complexity index is 414. The third-order valence-corrected chi connectivity index (χ3v) is 3.75. The summed E-state index contributed by atoms with van der Waals surface area (Å²) >= 11 is 3.31. The molecule has 6 heteroatoms. The predicted octanol–water partition coefficient (Wildman–Crippen LogP) is 2.87. The molecule has 1 aliphatic rings. The van der Waals surface area contributed by atoms with Crippen molar-refractivity contribution >= 4 is 15.9 Å². The van der Waals surface area contributed by atoms with Crippen molar-refractivity contribution in [1.82, 2.24) is 10.2 Å². The molecule has 1 heterocycles. The van der Waals surface area contributed by atoms with Crippen LogP contribution in [0.2, 0.25) is 0 Å². The number of halogens is 4. The van der Waals surface area contributed by atoms with E-state index < -0.39 is 11.7 Å². The van der Waals surface area contributed by atoms with Gasteiger partial charge in [0.15, 0.2) is 0 Å². The fourth-order valence-corrected chi connectivity index (χ4v) is 2.35. The van der Waals surface area contributed by atoms with Gasteiger partial charge in [0, 0.05) is 37.2 Å². The van der Waals surface area contributed by atoms with Crippen molar-refractivity contribution in [2.24, 2.45) is 0 Å². The Hall–Kier alpha value is -0.590. The molecule has 100 valence electrons. The van der Waals surface area contributed by atoms with E-state index in [9.17, 15) is 13.2 Å². The summed E-state index contributed by atoms with van der Waals surface area (Å²) in [5, 5.41) is 3.22. The topological polar surface area (TPSA) is 15.3 Å². The van der Waals surface area contributed by atoms with Crippen molar-refractivity contribution in [3.63, 3.8) is 0 Å². The summed E-state index contributed by atoms with van der Waals surface area (Å²) in [6.45, 7) is 4.05. The first-order valence-electron chi connectivity index (χ1n) is 5.75. The maximum Gasteiger partial charge on any atom is 0.416 e. The Kier molecular flexibility index (Phi) is 4.29. The molecule has 0 aromatic heterocycles. The van der Waals surface area contributed by atoms with Gasteiger partial charge in [-0.25, -0.2) is 0 Å². The minimum Gasteiger partial charge on any atom is -0.314 e. The number of alkyl halides is 3. The number of hydrogen-bond donors (Lipinski definition) is 1. The van der Waals surface area contributed by atoms with E-state index >= 15 is 0 Å². The number of nitrogens with one attached hydrogen (secondary N) is 1. The molecule has 0 unspecified atom stereocenters. The summed E-state index contributed by atoms with van der Waals surface area (Å²) < 4.78 is 38.6. The van der Waals surface area contributed by atoms with Crippen LogP contribution in [0.4, 0.5) is 13.2 Å². The molecule has 1 saturated heterocycles. The highest BCUT2D eigenvalue weighted by Crippen LogP contribution is 2.32. The third kappa shape index (κ3) is 3.46. The van der Waals surface area contributed by atoms with Crippen LogP contribution in [0.25, 0.3) is 0 Å². The largest absolute Gasteiger partial charge is 0.416 e. The molecule has 0 bridgehead atoms. The van der Waals surface area contributed by atoms with Gasteiger partial charge in [-0.3, -0.25) is 4.90 Å². The Balaban J connectivity index is 2.15. The maximum atomic E-state index is 12.6. The molecule has 0 atom stereocenters. The van der Waals surface area contributed by atoms with Crippen LogP contribution in [0.15, 0.2) is 22.7 Å². The highest BCUT2D eigenvalue weighted by molar-refractivity contribution is 9.10. The lowest BCUT2D eigenvalue weighted by molar-refractivity contribution is -0.137. The van der Waals surface area contributed by atoms with E-state index in [1.807, 2.05) is 0 Å². The van der Waals surface area contributed by atoms with Gasteiger partial charge in [0.2, 0.25) is 0 Å². The van der Waals surface area contributed by atoms with Gasteiger partial charge in [0.05, 0.1) is 5.56 Å². The van der Waals surface area contributed by atoms with E-state index in [0.29, 0.717) is 12.1 Å². The molecule has 18 heavy (non-hydrogen) atoms. The van der Waals surface area contributed by atoms with Gasteiger partial charge in [-0.05, 0) is 23.8 Å². The number of benzene rings is 1. The molecule has 0 spiro atoms. The van der Waals surface area contributed by atoms with Crippen LogP contribution in [0.3, 0.4) is 0 Å². The minimum atomic E-state index is -4.28. The zero-order valence-corrected chi connectivity index (χ0v) is 11.3. The Morgan fingerprint density at radius 2 is 1.89 bits per heavy atom. The van der Waals surface area contributed by atoms with Crippen LogP contribution in [-0.4, -0.2) is 31.1 Å². The second kappa shape index (κ2) is 5.59. The lowest BCUT2D eigenvalue weighted by atomic mass is 10.1. The zero-order valence-electron chi connectivity index (χ0n) is 9.73. The fourth-order valence-electron chi connectivity index (χ4n) is 1.98. The first-order valence-corrected chi connectivity index (χ1v) is 6.55. The van der Waals surface area contributed by atoms with Gasteiger partial charge in [-0.2, -0.15) is 13.2 Å². The molecule has 1 N–H and O–H groups in total. The van der Waals surface area contributed by atoms with Gasteiger partial charge in [0.1, 0.15) is 0 Å². The SMILES string of the molecule is FC(F)(F)c1ccc(Br)c(CN2CCNCC2)c1. The van der Waals surface area contributed by atoms with Crippen LogP contribution in [0.5, 0.6) is 0 Å². The van der Waals surface area contributed by atoms with Crippen LogP contribution >= 0.6 is 15.9 Å². The number of hydrogen-bond acceptors (Lipinski definition) is 2. The van der Waals surface area contributed by atoms with Crippen molar-refractivity contribution in [1.29, 1.82) is 0 Å². The molecule has 1 aliphatic heterocycles. The molecule has 1 aromatic carbocycles. The molecule has 0 amide bonds. The Morgan fingerprint density at radius 3 is 2.50 bits per heavy atom. The minimum absolute atomic E-state index is 0.548. The predicted molar refractivity (Wildman–Crippen MR) is 67.3 cm³/mol. The molecule has 0 saturated carbocycles. The van der Waals surface area contributed by atoms with Gasteiger partial charge in [-0.1, -0.05) is 15.9 Å². The number of piperazine rings is 1. The lowest BCUT2D eigenvalue weighted by Crippen LogP contribution is -2.42. The highest BCUT2D eigenvalue weighted by Gasteiger charge is 2.31. The van der Waals surface area contributed by atoms with Crippen LogP contribution in [-0.2, 0) is 12.7 Å². The average molecular weight is 323 g/mol. The summed E-state index contributed by atoms with van der Waals surface area (Å²) in [5.41, 5.74) is 0.0996. The lowest BCUT2D eigenvalue weighted by Gasteiger charge is -2.27. The normalized spacial score (nSPS) is 18.0. The molecule has 1 aromatic rings. The van der Waals surface area contributed by atoms with E-state index in [2.05, 4.69) is 26.1 Å². The molecular formula is C12H14BrF3N2. The molecular weight excluding hydrogens is 309 g/mol. The van der Waals surface area contributed by atoms with E-state index in [1.54, 1.807) is 0 Å². The van der Waals surface area contributed by atoms with Gasteiger partial charge < -0.3 is 5.32 Å². The Morgan fingerprint density at radius 1 is 1.22 bits per heavy atom. The van der Waals surface area contributed by atoms with E-state index in [4.69, 9.17) is 0 Å². The van der Waals surface area contributed by atoms with E-state index in [0.717, 1.165) is 36.7 Å². The number of nitrogens with zero attached hydrogens (tertiary/aromatic N) is 1. The van der Waals surface area contributed by atoms with E-state index in [1.165, 1.54) is 12.1 Å². The van der Waals surface area contributed by atoms with Crippen LogP contribution in [0, 0.1) is 0 Å². The molecule has 2 nitrogen and oxygen atoms in total. The molecule has 0 radical (unpaired) electrons. The van der Waals surface area contributed by atoms with Crippen molar-refractivity contribution < 1.29 is 13.2 Å². The first kappa shape index (κ1) is 13.8. The summed E-state index contributed by atoms with van der Waals surface area (Å²) in [6.07, 6.45) is -4.28. The molecule has 0 aliphatic carbocycles. The smallest absolute Gasteiger partial charge is 0.314 e. The standard InChI is InChI=1S/C12H14BrF3N2/c13-11-2-1-10(12(14,15)16)7-9(11)8-18-5-3-17-4-6-18/h1-2,7,17H,3-6,8H2. The molecule has 2 rings (SSSR count). The summed E-state index contributed by atoms with van der Waals surface area (Å²) in [4.78, 5) is 2.15. The summed E-state index contributed by atoms with van der Waals surface area (Å²) in [6, 6.07) is 3.80. The third-order valence-electron chi connectivity index (χ3n) is 2.98. The van der Waals surface area contributed by atoms with Crippen molar-refractivity contribution in [3.05, 3.63) is 33.8 Å². The van der Waals surface area contributed by atoms with Gasteiger partial charge >= 0.3 is 6.18 Å². The van der Waals surface area contributed by atoms with Crippen molar-refractivity contribution in [2.75, 3.05) is 26.2 Å². The fraction of sp³-hybridized carbons (Fsp3) is 0.500. The summed E-state index contributed by atoms with van der Waals surface area (Å²) in [7, 11) is 0. The van der Waals surface area contributed by atoms with E-state index in [-0.39, 0.29) is 0 Å². The summed E-state index contributed by atoms with van der Waals surface area (Å²) in [5.74, 6) is 0. The number of rotatable bonds is 2. The first-order chi connectivity index (χ1) is 8.47. The van der Waals surface area contributed by atoms with Crippen LogP contribution < -0.4 is 5.32 Å². The second-order valence-corrected chi connectivity index (χ2v) is 5.18. The highest BCUT2D eigenvalue weighted by atomic mass is 79.9. The van der Waals surface area contributed by atoms with Gasteiger partial charge in [-0.15, -0.1) is 0 Å². The van der Waals surface area contributed by atoms with Crippen molar-refractivity contribution in [2.45, 2.75) is 12.7 Å². The Labute approximate surface area is 112 Å². The average Bonchev–Trinajstić information content (AvgIpc) is 2.32. The van der Waals surface area contributed by atoms with Crippen LogP contribution in [0.1, 0.15) is 11.1 Å². The molecule has 1 fully saturated rings. The quantitative estimate of drug-likeness (QED) is 0.900. The monoisotopic (exact) mass is 322 g/mol. The maximum absolute atomic E-state index is 12.6. The van der Waals surface area contributed by atoms with Gasteiger partial charge in [0.25, 0.3) is 0 Å².